The minimum atomic E-state index is -0.353. The molecule has 3 atom stereocenters. The molecule has 31 heavy (non-hydrogen) atoms. The molecule has 8 heteroatoms. The molecule has 4 rings (SSSR count). The molecule has 2 aliphatic rings. The number of rotatable bonds is 6. The number of carbonyl (C=O) groups excluding carboxylic acids is 1. The van der Waals surface area contributed by atoms with Gasteiger partial charge in [0, 0.05) is 26.1 Å². The maximum Gasteiger partial charge on any atom is 0.287 e. The largest absolute Gasteiger partial charge is 0.382 e. The fourth-order valence-electron chi connectivity index (χ4n) is 4.41. The zero-order valence-electron chi connectivity index (χ0n) is 17.8. The second kappa shape index (κ2) is 9.83. The predicted molar refractivity (Wildman–Crippen MR) is 120 cm³/mol. The molecule has 7 nitrogen and oxygen atoms in total. The highest BCUT2D eigenvalue weighted by Crippen LogP contribution is 2.29. The van der Waals surface area contributed by atoms with Gasteiger partial charge in [-0.25, -0.2) is 4.68 Å². The number of piperidine rings is 1. The van der Waals surface area contributed by atoms with Crippen molar-refractivity contribution >= 4 is 23.2 Å². The maximum absolute atomic E-state index is 12.9. The Labute approximate surface area is 187 Å². The number of benzene rings is 1. The summed E-state index contributed by atoms with van der Waals surface area (Å²) in [4.78, 5) is 27.6. The van der Waals surface area contributed by atoms with E-state index < -0.39 is 0 Å². The first-order chi connectivity index (χ1) is 15.0. The van der Waals surface area contributed by atoms with E-state index in [9.17, 15) is 9.59 Å². The summed E-state index contributed by atoms with van der Waals surface area (Å²) in [5, 5.41) is 7.71. The lowest BCUT2D eigenvalue weighted by molar-refractivity contribution is -0.137. The minimum Gasteiger partial charge on any atom is -0.382 e. The average Bonchev–Trinajstić information content (AvgIpc) is 2.81. The first kappa shape index (κ1) is 21.8. The molecular weight excluding hydrogens is 416 g/mol. The summed E-state index contributed by atoms with van der Waals surface area (Å²) in [6, 6.07) is 9.70. The molecule has 0 aliphatic carbocycles. The highest BCUT2D eigenvalue weighted by atomic mass is 35.5. The number of likely N-dealkylation sites (tertiary alicyclic amines) is 1. The number of hydrogen-bond donors (Lipinski definition) is 1. The van der Waals surface area contributed by atoms with Crippen LogP contribution in [0.2, 0.25) is 5.02 Å². The SMILES string of the molecule is CC(c1ccccc1)N1CCC(n2ncc(NCC3CCCOC3)c(Cl)c2=O)CC1=O. The van der Waals surface area contributed by atoms with Gasteiger partial charge in [0.2, 0.25) is 5.91 Å². The zero-order valence-corrected chi connectivity index (χ0v) is 18.6. The Bertz CT molecular complexity index is 959. The summed E-state index contributed by atoms with van der Waals surface area (Å²) in [6.07, 6.45) is 4.65. The molecule has 2 aliphatic heterocycles. The van der Waals surface area contributed by atoms with E-state index in [1.807, 2.05) is 42.2 Å². The lowest BCUT2D eigenvalue weighted by Crippen LogP contribution is -2.43. The van der Waals surface area contributed by atoms with E-state index in [1.165, 1.54) is 4.68 Å². The van der Waals surface area contributed by atoms with Crippen LogP contribution in [0.4, 0.5) is 5.69 Å². The highest BCUT2D eigenvalue weighted by Gasteiger charge is 2.32. The molecule has 3 heterocycles. The van der Waals surface area contributed by atoms with Crippen LogP contribution in [0.1, 0.15) is 50.3 Å². The van der Waals surface area contributed by atoms with Gasteiger partial charge in [-0.05, 0) is 37.7 Å². The van der Waals surface area contributed by atoms with Crippen LogP contribution < -0.4 is 10.9 Å². The van der Waals surface area contributed by atoms with Crippen LogP contribution >= 0.6 is 11.6 Å². The number of ether oxygens (including phenoxy) is 1. The molecule has 166 valence electrons. The topological polar surface area (TPSA) is 76.5 Å². The van der Waals surface area contributed by atoms with Crippen LogP contribution in [0.15, 0.2) is 41.3 Å². The first-order valence-corrected chi connectivity index (χ1v) is 11.4. The molecule has 0 saturated carbocycles. The van der Waals surface area contributed by atoms with Gasteiger partial charge in [0.25, 0.3) is 5.56 Å². The standard InChI is InChI=1S/C23H29ClN4O3/c1-16(18-7-3-2-4-8-18)27-10-9-19(12-21(27)29)28-23(30)22(24)20(14-26-28)25-13-17-6-5-11-31-15-17/h2-4,7-8,14,16-17,19,25H,5-6,9-13,15H2,1H3. The fourth-order valence-corrected chi connectivity index (χ4v) is 4.62. The van der Waals surface area contributed by atoms with E-state index >= 15 is 0 Å². The van der Waals surface area contributed by atoms with Gasteiger partial charge in [0.1, 0.15) is 5.02 Å². The average molecular weight is 445 g/mol. The molecule has 1 amide bonds. The van der Waals surface area contributed by atoms with Crippen LogP contribution in [-0.2, 0) is 9.53 Å². The quantitative estimate of drug-likeness (QED) is 0.735. The van der Waals surface area contributed by atoms with Crippen molar-refractivity contribution in [3.05, 3.63) is 57.5 Å². The summed E-state index contributed by atoms with van der Waals surface area (Å²) in [7, 11) is 0. The van der Waals surface area contributed by atoms with Crippen molar-refractivity contribution < 1.29 is 9.53 Å². The summed E-state index contributed by atoms with van der Waals surface area (Å²) < 4.78 is 6.87. The zero-order chi connectivity index (χ0) is 21.8. The molecule has 2 fully saturated rings. The molecule has 0 spiro atoms. The van der Waals surface area contributed by atoms with Crippen LogP contribution in [-0.4, -0.2) is 46.9 Å². The number of carbonyl (C=O) groups is 1. The number of nitrogens with zero attached hydrogens (tertiary/aromatic N) is 3. The Morgan fingerprint density at radius 2 is 2.06 bits per heavy atom. The molecule has 1 aromatic carbocycles. The second-order valence-corrected chi connectivity index (χ2v) is 8.78. The van der Waals surface area contributed by atoms with Crippen LogP contribution in [0, 0.1) is 5.92 Å². The fraction of sp³-hybridized carbons (Fsp3) is 0.522. The lowest BCUT2D eigenvalue weighted by atomic mass is 9.99. The third kappa shape index (κ3) is 4.93. The lowest BCUT2D eigenvalue weighted by Gasteiger charge is -2.36. The van der Waals surface area contributed by atoms with Gasteiger partial charge in [-0.2, -0.15) is 5.10 Å². The molecule has 2 aromatic rings. The van der Waals surface area contributed by atoms with Crippen molar-refractivity contribution in [2.24, 2.45) is 5.92 Å². The van der Waals surface area contributed by atoms with Gasteiger partial charge < -0.3 is 15.0 Å². The summed E-state index contributed by atoms with van der Waals surface area (Å²) in [5.74, 6) is 0.428. The van der Waals surface area contributed by atoms with Crippen molar-refractivity contribution in [2.75, 3.05) is 31.6 Å². The van der Waals surface area contributed by atoms with Gasteiger partial charge in [0.15, 0.2) is 0 Å². The van der Waals surface area contributed by atoms with Gasteiger partial charge in [-0.15, -0.1) is 0 Å². The molecular formula is C23H29ClN4O3. The maximum atomic E-state index is 12.9. The van der Waals surface area contributed by atoms with E-state index in [-0.39, 0.29) is 35.0 Å². The van der Waals surface area contributed by atoms with Gasteiger partial charge >= 0.3 is 0 Å². The Hall–Kier alpha value is -2.38. The summed E-state index contributed by atoms with van der Waals surface area (Å²) >= 11 is 6.37. The molecule has 0 bridgehead atoms. The van der Waals surface area contributed by atoms with Crippen molar-refractivity contribution in [3.8, 4) is 0 Å². The Morgan fingerprint density at radius 3 is 2.77 bits per heavy atom. The molecule has 0 radical (unpaired) electrons. The second-order valence-electron chi connectivity index (χ2n) is 8.41. The normalized spacial score (nSPS) is 22.9. The van der Waals surface area contributed by atoms with Crippen LogP contribution in [0.5, 0.6) is 0 Å². The molecule has 1 N–H and O–H groups in total. The number of nitrogens with one attached hydrogen (secondary N) is 1. The molecule has 2 saturated heterocycles. The number of aromatic nitrogens is 2. The van der Waals surface area contributed by atoms with E-state index in [4.69, 9.17) is 16.3 Å². The van der Waals surface area contributed by atoms with E-state index in [1.54, 1.807) is 6.20 Å². The number of hydrogen-bond acceptors (Lipinski definition) is 5. The monoisotopic (exact) mass is 444 g/mol. The number of anilines is 1. The highest BCUT2D eigenvalue weighted by molar-refractivity contribution is 6.32. The first-order valence-electron chi connectivity index (χ1n) is 11.0. The third-order valence-corrected chi connectivity index (χ3v) is 6.67. The van der Waals surface area contributed by atoms with Gasteiger partial charge in [-0.1, -0.05) is 41.9 Å². The van der Waals surface area contributed by atoms with Crippen LogP contribution in [0.25, 0.3) is 0 Å². The van der Waals surface area contributed by atoms with E-state index in [2.05, 4.69) is 10.4 Å². The van der Waals surface area contributed by atoms with E-state index in [0.29, 0.717) is 31.1 Å². The summed E-state index contributed by atoms with van der Waals surface area (Å²) in [5.41, 5.74) is 1.29. The van der Waals surface area contributed by atoms with Gasteiger partial charge in [0.05, 0.1) is 30.6 Å². The number of halogens is 1. The minimum absolute atomic E-state index is 0.00161. The summed E-state index contributed by atoms with van der Waals surface area (Å²) in [6.45, 7) is 4.84. The smallest absolute Gasteiger partial charge is 0.287 e. The predicted octanol–water partition coefficient (Wildman–Crippen LogP) is 3.66. The van der Waals surface area contributed by atoms with Crippen molar-refractivity contribution in [1.82, 2.24) is 14.7 Å². The molecule has 1 aromatic heterocycles. The number of amides is 1. The Morgan fingerprint density at radius 1 is 1.26 bits per heavy atom. The van der Waals surface area contributed by atoms with Crippen molar-refractivity contribution in [2.45, 2.75) is 44.7 Å². The third-order valence-electron chi connectivity index (χ3n) is 6.31. The molecule has 3 unspecified atom stereocenters. The van der Waals surface area contributed by atoms with Crippen molar-refractivity contribution in [3.63, 3.8) is 0 Å². The van der Waals surface area contributed by atoms with Gasteiger partial charge in [-0.3, -0.25) is 9.59 Å². The Balaban J connectivity index is 1.41. The van der Waals surface area contributed by atoms with Crippen LogP contribution in [0.3, 0.4) is 0 Å². The van der Waals surface area contributed by atoms with E-state index in [0.717, 1.165) is 31.6 Å². The Kier molecular flexibility index (Phi) is 6.92. The van der Waals surface area contributed by atoms with Crippen molar-refractivity contribution in [1.29, 1.82) is 0 Å².